The van der Waals surface area contributed by atoms with Gasteiger partial charge in [0.05, 0.1) is 26.8 Å². The maximum atomic E-state index is 12.7. The Balaban J connectivity index is 0.000000641. The highest BCUT2D eigenvalue weighted by Crippen LogP contribution is 2.32. The standard InChI is InChI=1S/C20H27N5O4.C2H2O4/c1-28-17-6-5-15(12-18(17)29-2)25-11-10-23(20(25)27)9-7-22-14-19(26)24-8-3-4-16(24)13-21;3-1(4)2(5)6/h5-6,12,16,22H,3-4,7-11,14H2,1-2H3;(H,3,4)(H,5,6)/t16-;/m1./s1. The molecular weight excluding hydrogens is 462 g/mol. The molecule has 2 aliphatic heterocycles. The lowest BCUT2D eigenvalue weighted by Crippen LogP contribution is -2.43. The molecule has 13 nitrogen and oxygen atoms in total. The number of carbonyl (C=O) groups excluding carboxylic acids is 2. The van der Waals surface area contributed by atoms with Crippen LogP contribution in [0.1, 0.15) is 12.8 Å². The van der Waals surface area contributed by atoms with Gasteiger partial charge in [0, 0.05) is 44.5 Å². The van der Waals surface area contributed by atoms with Gasteiger partial charge in [0.2, 0.25) is 5.91 Å². The molecule has 3 N–H and O–H groups in total. The first-order chi connectivity index (χ1) is 16.7. The number of nitrogens with one attached hydrogen (secondary N) is 1. The molecule has 35 heavy (non-hydrogen) atoms. The Morgan fingerprint density at radius 3 is 2.40 bits per heavy atom. The zero-order chi connectivity index (χ0) is 26.0. The average Bonchev–Trinajstić information content (AvgIpc) is 3.48. The molecule has 1 aromatic rings. The molecule has 0 bridgehead atoms. The van der Waals surface area contributed by atoms with Crippen LogP contribution in [0, 0.1) is 11.3 Å². The zero-order valence-corrected chi connectivity index (χ0v) is 19.6. The van der Waals surface area contributed by atoms with Crippen molar-refractivity contribution >= 4 is 29.6 Å². The molecule has 0 radical (unpaired) electrons. The highest BCUT2D eigenvalue weighted by molar-refractivity contribution is 6.27. The van der Waals surface area contributed by atoms with Crippen molar-refractivity contribution in [1.82, 2.24) is 15.1 Å². The number of likely N-dealkylation sites (tertiary alicyclic amines) is 1. The highest BCUT2D eigenvalue weighted by Gasteiger charge is 2.30. The Bertz CT molecular complexity index is 967. The van der Waals surface area contributed by atoms with Crippen LogP contribution in [0.25, 0.3) is 0 Å². The lowest BCUT2D eigenvalue weighted by atomic mass is 10.2. The third-order valence-corrected chi connectivity index (χ3v) is 5.51. The van der Waals surface area contributed by atoms with Crippen LogP contribution < -0.4 is 19.7 Å². The van der Waals surface area contributed by atoms with Gasteiger partial charge < -0.3 is 34.8 Å². The number of anilines is 1. The molecule has 2 fully saturated rings. The topological polar surface area (TPSA) is 173 Å². The Kier molecular flexibility index (Phi) is 10.1. The highest BCUT2D eigenvalue weighted by atomic mass is 16.5. The van der Waals surface area contributed by atoms with Gasteiger partial charge >= 0.3 is 18.0 Å². The van der Waals surface area contributed by atoms with E-state index < -0.39 is 11.9 Å². The van der Waals surface area contributed by atoms with Crippen LogP contribution in [0.2, 0.25) is 0 Å². The van der Waals surface area contributed by atoms with Crippen molar-refractivity contribution in [3.05, 3.63) is 18.2 Å². The maximum Gasteiger partial charge on any atom is 0.414 e. The molecule has 3 amide bonds. The molecule has 0 aromatic heterocycles. The minimum atomic E-state index is -1.82. The summed E-state index contributed by atoms with van der Waals surface area (Å²) in [6.45, 7) is 3.06. The van der Waals surface area contributed by atoms with Gasteiger partial charge in [0.25, 0.3) is 0 Å². The van der Waals surface area contributed by atoms with E-state index in [0.29, 0.717) is 44.2 Å². The van der Waals surface area contributed by atoms with Crippen molar-refractivity contribution in [2.75, 3.05) is 58.4 Å². The van der Waals surface area contributed by atoms with E-state index in [0.717, 1.165) is 18.5 Å². The average molecular weight is 492 g/mol. The van der Waals surface area contributed by atoms with Crippen molar-refractivity contribution in [3.8, 4) is 17.6 Å². The molecule has 2 heterocycles. The number of carbonyl (C=O) groups is 4. The van der Waals surface area contributed by atoms with Gasteiger partial charge in [-0.3, -0.25) is 9.69 Å². The molecule has 2 aliphatic rings. The molecule has 0 unspecified atom stereocenters. The summed E-state index contributed by atoms with van der Waals surface area (Å²) >= 11 is 0. The quantitative estimate of drug-likeness (QED) is 0.337. The number of benzene rings is 1. The first-order valence-corrected chi connectivity index (χ1v) is 10.9. The summed E-state index contributed by atoms with van der Waals surface area (Å²) < 4.78 is 10.6. The van der Waals surface area contributed by atoms with Crippen molar-refractivity contribution in [3.63, 3.8) is 0 Å². The largest absolute Gasteiger partial charge is 0.493 e. The van der Waals surface area contributed by atoms with E-state index in [1.807, 2.05) is 6.07 Å². The number of ether oxygens (including phenoxy) is 2. The molecule has 3 rings (SSSR count). The van der Waals surface area contributed by atoms with Gasteiger partial charge in [0.15, 0.2) is 11.5 Å². The summed E-state index contributed by atoms with van der Waals surface area (Å²) in [5.74, 6) is -2.52. The van der Waals surface area contributed by atoms with E-state index in [4.69, 9.17) is 34.5 Å². The summed E-state index contributed by atoms with van der Waals surface area (Å²) in [5.41, 5.74) is 0.759. The van der Waals surface area contributed by atoms with E-state index in [1.54, 1.807) is 41.1 Å². The smallest absolute Gasteiger partial charge is 0.414 e. The molecule has 1 atom stereocenters. The number of carboxylic acids is 2. The van der Waals surface area contributed by atoms with Gasteiger partial charge in [-0.15, -0.1) is 0 Å². The fourth-order valence-corrected chi connectivity index (χ4v) is 3.73. The second kappa shape index (κ2) is 13.0. The molecule has 13 heteroatoms. The minimum absolute atomic E-state index is 0.0613. The Hall–Kier alpha value is -4.05. The second-order valence-electron chi connectivity index (χ2n) is 7.62. The molecule has 0 aliphatic carbocycles. The van der Waals surface area contributed by atoms with E-state index in [9.17, 15) is 9.59 Å². The molecule has 2 saturated heterocycles. The number of urea groups is 1. The van der Waals surface area contributed by atoms with E-state index in [2.05, 4.69) is 11.4 Å². The molecular formula is C22H29N5O8. The Labute approximate surface area is 202 Å². The lowest BCUT2D eigenvalue weighted by Gasteiger charge is -2.21. The second-order valence-corrected chi connectivity index (χ2v) is 7.62. The number of amides is 3. The van der Waals surface area contributed by atoms with E-state index in [1.165, 1.54) is 0 Å². The van der Waals surface area contributed by atoms with Crippen molar-refractivity contribution in [2.24, 2.45) is 0 Å². The summed E-state index contributed by atoms with van der Waals surface area (Å²) in [4.78, 5) is 48.2. The van der Waals surface area contributed by atoms with Crippen LogP contribution in [-0.4, -0.2) is 103 Å². The van der Waals surface area contributed by atoms with E-state index in [-0.39, 0.29) is 24.5 Å². The number of carboxylic acid groups (broad SMARTS) is 2. The van der Waals surface area contributed by atoms with Crippen LogP contribution in [0.15, 0.2) is 18.2 Å². The van der Waals surface area contributed by atoms with Crippen LogP contribution in [0.3, 0.4) is 0 Å². The van der Waals surface area contributed by atoms with Crippen LogP contribution in [0.4, 0.5) is 10.5 Å². The lowest BCUT2D eigenvalue weighted by molar-refractivity contribution is -0.159. The molecule has 0 saturated carbocycles. The minimum Gasteiger partial charge on any atom is -0.493 e. The van der Waals surface area contributed by atoms with Gasteiger partial charge in [-0.1, -0.05) is 0 Å². The number of nitriles is 1. The van der Waals surface area contributed by atoms with Crippen LogP contribution >= 0.6 is 0 Å². The van der Waals surface area contributed by atoms with Gasteiger partial charge in [0.1, 0.15) is 6.04 Å². The summed E-state index contributed by atoms with van der Waals surface area (Å²) in [6.07, 6.45) is 1.62. The molecule has 1 aromatic carbocycles. The monoisotopic (exact) mass is 491 g/mol. The number of nitrogens with zero attached hydrogens (tertiary/aromatic N) is 4. The third-order valence-electron chi connectivity index (χ3n) is 5.51. The van der Waals surface area contributed by atoms with E-state index >= 15 is 0 Å². The molecule has 190 valence electrons. The van der Waals surface area contributed by atoms with Crippen LogP contribution in [0.5, 0.6) is 11.5 Å². The number of methoxy groups -OCH3 is 2. The number of rotatable bonds is 8. The zero-order valence-electron chi connectivity index (χ0n) is 19.6. The number of hydrogen-bond donors (Lipinski definition) is 3. The third kappa shape index (κ3) is 7.21. The van der Waals surface area contributed by atoms with Crippen molar-refractivity contribution < 1.29 is 38.9 Å². The number of hydrogen-bond acceptors (Lipinski definition) is 8. The summed E-state index contributed by atoms with van der Waals surface area (Å²) in [6, 6.07) is 7.20. The predicted octanol–water partition coefficient (Wildman–Crippen LogP) is 0.206. The predicted molar refractivity (Wildman–Crippen MR) is 122 cm³/mol. The fourth-order valence-electron chi connectivity index (χ4n) is 3.73. The van der Waals surface area contributed by atoms with Gasteiger partial charge in [-0.2, -0.15) is 5.26 Å². The normalized spacial score (nSPS) is 16.9. The van der Waals surface area contributed by atoms with Crippen LogP contribution in [-0.2, 0) is 14.4 Å². The SMILES string of the molecule is COc1ccc(N2CCN(CCNCC(=O)N3CCC[C@@H]3C#N)C2=O)cc1OC.O=C(O)C(=O)O. The molecule has 0 spiro atoms. The summed E-state index contributed by atoms with van der Waals surface area (Å²) in [7, 11) is 3.13. The summed E-state index contributed by atoms with van der Waals surface area (Å²) in [5, 5.41) is 27.0. The number of aliphatic carboxylic acids is 2. The van der Waals surface area contributed by atoms with Gasteiger partial charge in [-0.25, -0.2) is 14.4 Å². The fraction of sp³-hybridized carbons (Fsp3) is 0.500. The first kappa shape index (κ1) is 27.2. The van der Waals surface area contributed by atoms with Crippen molar-refractivity contribution in [2.45, 2.75) is 18.9 Å². The van der Waals surface area contributed by atoms with Crippen molar-refractivity contribution in [1.29, 1.82) is 5.26 Å². The Morgan fingerprint density at radius 2 is 1.80 bits per heavy atom. The Morgan fingerprint density at radius 1 is 1.11 bits per heavy atom. The first-order valence-electron chi connectivity index (χ1n) is 10.9. The maximum absolute atomic E-state index is 12.7. The van der Waals surface area contributed by atoms with Gasteiger partial charge in [-0.05, 0) is 25.0 Å².